The summed E-state index contributed by atoms with van der Waals surface area (Å²) >= 11 is 0. The van der Waals surface area contributed by atoms with Crippen LogP contribution in [0.15, 0.2) is 61.2 Å². The summed E-state index contributed by atoms with van der Waals surface area (Å²) in [6.07, 6.45) is 3.87. The van der Waals surface area contributed by atoms with E-state index < -0.39 is 5.60 Å². The molecule has 0 spiro atoms. The van der Waals surface area contributed by atoms with Crippen molar-refractivity contribution in [3.8, 4) is 16.9 Å². The quantitative estimate of drug-likeness (QED) is 0.773. The number of nitrogens with one attached hydrogen (secondary N) is 1. The number of carbonyl (C=O) groups excluding carboxylic acids is 1. The summed E-state index contributed by atoms with van der Waals surface area (Å²) in [5.74, 6) is 0.776. The number of methoxy groups -OCH3 is 1. The van der Waals surface area contributed by atoms with E-state index in [0.29, 0.717) is 19.6 Å². The molecule has 1 aliphatic rings. The monoisotopic (exact) mass is 351 g/mol. The van der Waals surface area contributed by atoms with E-state index in [0.717, 1.165) is 35.3 Å². The van der Waals surface area contributed by atoms with Gasteiger partial charge in [-0.2, -0.15) is 0 Å². The van der Waals surface area contributed by atoms with Crippen molar-refractivity contribution in [2.24, 2.45) is 0 Å². The lowest BCUT2D eigenvalue weighted by Crippen LogP contribution is -2.48. The number of hydrogen-bond acceptors (Lipinski definition) is 3. The Labute approximate surface area is 154 Å². The molecule has 1 N–H and O–H groups in total. The van der Waals surface area contributed by atoms with E-state index in [9.17, 15) is 4.79 Å². The summed E-state index contributed by atoms with van der Waals surface area (Å²) in [6, 6.07) is 16.2. The molecule has 1 atom stereocenters. The Balaban J connectivity index is 1.87. The van der Waals surface area contributed by atoms with Crippen LogP contribution in [0, 0.1) is 0 Å². The second-order valence-electron chi connectivity index (χ2n) is 6.52. The van der Waals surface area contributed by atoms with Crippen molar-refractivity contribution in [1.29, 1.82) is 0 Å². The molecule has 3 rings (SSSR count). The largest absolute Gasteiger partial charge is 0.496 e. The van der Waals surface area contributed by atoms with E-state index in [4.69, 9.17) is 9.47 Å². The summed E-state index contributed by atoms with van der Waals surface area (Å²) in [4.78, 5) is 12.7. The molecule has 1 saturated heterocycles. The van der Waals surface area contributed by atoms with Crippen molar-refractivity contribution >= 4 is 5.91 Å². The Bertz CT molecular complexity index is 778. The maximum Gasteiger partial charge on any atom is 0.252 e. The van der Waals surface area contributed by atoms with Gasteiger partial charge in [0.2, 0.25) is 0 Å². The molecule has 1 heterocycles. The first kappa shape index (κ1) is 18.2. The van der Waals surface area contributed by atoms with Crippen LogP contribution in [-0.2, 0) is 16.0 Å². The van der Waals surface area contributed by atoms with Gasteiger partial charge in [0.15, 0.2) is 5.60 Å². The third-order valence-corrected chi connectivity index (χ3v) is 4.76. The van der Waals surface area contributed by atoms with Crippen LogP contribution in [0.2, 0.25) is 0 Å². The highest BCUT2D eigenvalue weighted by molar-refractivity contribution is 5.86. The number of para-hydroxylation sites is 1. The minimum absolute atomic E-state index is 0.0578. The van der Waals surface area contributed by atoms with E-state index in [1.165, 1.54) is 0 Å². The summed E-state index contributed by atoms with van der Waals surface area (Å²) in [6.45, 7) is 4.73. The topological polar surface area (TPSA) is 47.6 Å². The number of rotatable bonds is 7. The molecule has 0 aliphatic carbocycles. The van der Waals surface area contributed by atoms with Gasteiger partial charge in [0, 0.05) is 25.1 Å². The Hall–Kier alpha value is -2.59. The zero-order valence-electron chi connectivity index (χ0n) is 15.2. The molecule has 1 fully saturated rings. The van der Waals surface area contributed by atoms with Gasteiger partial charge in [-0.15, -0.1) is 6.58 Å². The number of benzene rings is 2. The third kappa shape index (κ3) is 3.81. The van der Waals surface area contributed by atoms with Crippen LogP contribution in [0.1, 0.15) is 18.4 Å². The zero-order chi connectivity index (χ0) is 18.4. The molecule has 0 unspecified atom stereocenters. The van der Waals surface area contributed by atoms with Gasteiger partial charge in [0.1, 0.15) is 5.75 Å². The summed E-state index contributed by atoms with van der Waals surface area (Å²) in [5, 5.41) is 2.90. The fourth-order valence-electron chi connectivity index (χ4n) is 3.48. The molecule has 4 nitrogen and oxygen atoms in total. The lowest BCUT2D eigenvalue weighted by Gasteiger charge is -2.27. The summed E-state index contributed by atoms with van der Waals surface area (Å²) < 4.78 is 11.4. The van der Waals surface area contributed by atoms with Crippen molar-refractivity contribution in [2.45, 2.75) is 24.9 Å². The van der Waals surface area contributed by atoms with Gasteiger partial charge in [0.05, 0.1) is 7.11 Å². The highest BCUT2D eigenvalue weighted by atomic mass is 16.5. The van der Waals surface area contributed by atoms with Crippen LogP contribution in [0.25, 0.3) is 11.1 Å². The van der Waals surface area contributed by atoms with Crippen molar-refractivity contribution in [2.75, 3.05) is 20.3 Å². The third-order valence-electron chi connectivity index (χ3n) is 4.76. The molecule has 0 bridgehead atoms. The van der Waals surface area contributed by atoms with Gasteiger partial charge in [-0.05, 0) is 30.0 Å². The number of hydrogen-bond donors (Lipinski definition) is 1. The van der Waals surface area contributed by atoms with Gasteiger partial charge in [-0.25, -0.2) is 0 Å². The fourth-order valence-corrected chi connectivity index (χ4v) is 3.48. The molecule has 1 amide bonds. The second kappa shape index (κ2) is 8.19. The van der Waals surface area contributed by atoms with Crippen molar-refractivity contribution < 1.29 is 14.3 Å². The van der Waals surface area contributed by atoms with E-state index in [1.807, 2.05) is 36.4 Å². The minimum atomic E-state index is -0.789. The molecular formula is C22H25NO3. The predicted molar refractivity (Wildman–Crippen MR) is 103 cm³/mol. The van der Waals surface area contributed by atoms with E-state index in [-0.39, 0.29) is 5.91 Å². The van der Waals surface area contributed by atoms with Crippen LogP contribution >= 0.6 is 0 Å². The summed E-state index contributed by atoms with van der Waals surface area (Å²) in [5.41, 5.74) is 2.39. The average molecular weight is 351 g/mol. The van der Waals surface area contributed by atoms with E-state index in [1.54, 1.807) is 13.2 Å². The Kier molecular flexibility index (Phi) is 5.74. The number of amides is 1. The minimum Gasteiger partial charge on any atom is -0.496 e. The van der Waals surface area contributed by atoms with Gasteiger partial charge < -0.3 is 14.8 Å². The molecule has 136 valence electrons. The van der Waals surface area contributed by atoms with Crippen molar-refractivity contribution in [3.63, 3.8) is 0 Å². The zero-order valence-corrected chi connectivity index (χ0v) is 15.2. The van der Waals surface area contributed by atoms with Crippen LogP contribution < -0.4 is 10.1 Å². The van der Waals surface area contributed by atoms with E-state index >= 15 is 0 Å². The van der Waals surface area contributed by atoms with Gasteiger partial charge in [-0.3, -0.25) is 4.79 Å². The number of carbonyl (C=O) groups is 1. The fraction of sp³-hybridized carbons (Fsp3) is 0.318. The SMILES string of the molecule is C=CCNC(=O)[C@]1(Cc2cccc(-c3ccccc3OC)c2)CCCO1. The summed E-state index contributed by atoms with van der Waals surface area (Å²) in [7, 11) is 1.67. The van der Waals surface area contributed by atoms with Crippen LogP contribution in [-0.4, -0.2) is 31.8 Å². The lowest BCUT2D eigenvalue weighted by atomic mass is 9.89. The molecule has 2 aromatic carbocycles. The maximum absolute atomic E-state index is 12.7. The van der Waals surface area contributed by atoms with Gasteiger partial charge in [0.25, 0.3) is 5.91 Å². The second-order valence-corrected chi connectivity index (χ2v) is 6.52. The molecule has 0 saturated carbocycles. The average Bonchev–Trinajstić information content (AvgIpc) is 3.16. The van der Waals surface area contributed by atoms with Gasteiger partial charge in [-0.1, -0.05) is 48.5 Å². The Morgan fingerprint density at radius 2 is 2.15 bits per heavy atom. The predicted octanol–water partition coefficient (Wildman–Crippen LogP) is 3.76. The Morgan fingerprint density at radius 3 is 2.88 bits per heavy atom. The molecule has 4 heteroatoms. The molecule has 0 aromatic heterocycles. The van der Waals surface area contributed by atoms with E-state index in [2.05, 4.69) is 24.0 Å². The highest BCUT2D eigenvalue weighted by Gasteiger charge is 2.42. The molecule has 1 aliphatic heterocycles. The highest BCUT2D eigenvalue weighted by Crippen LogP contribution is 2.33. The molecule has 0 radical (unpaired) electrons. The normalized spacial score (nSPS) is 19.1. The van der Waals surface area contributed by atoms with Crippen molar-refractivity contribution in [1.82, 2.24) is 5.32 Å². The first-order chi connectivity index (χ1) is 12.7. The first-order valence-corrected chi connectivity index (χ1v) is 8.94. The first-order valence-electron chi connectivity index (χ1n) is 8.94. The van der Waals surface area contributed by atoms with Crippen LogP contribution in [0.4, 0.5) is 0 Å². The van der Waals surface area contributed by atoms with Gasteiger partial charge >= 0.3 is 0 Å². The number of ether oxygens (including phenoxy) is 2. The Morgan fingerprint density at radius 1 is 1.31 bits per heavy atom. The van der Waals surface area contributed by atoms with Crippen molar-refractivity contribution in [3.05, 3.63) is 66.7 Å². The van der Waals surface area contributed by atoms with Crippen LogP contribution in [0.3, 0.4) is 0 Å². The lowest BCUT2D eigenvalue weighted by molar-refractivity contribution is -0.141. The standard InChI is InChI=1S/C22H25NO3/c1-3-13-23-21(24)22(12-7-14-26-22)16-17-8-6-9-18(15-17)19-10-4-5-11-20(19)25-2/h3-6,8-11,15H,1,7,12-14,16H2,2H3,(H,23,24)/t22-/m1/s1. The molecule has 2 aromatic rings. The molecular weight excluding hydrogens is 326 g/mol. The van der Waals surface area contributed by atoms with Crippen LogP contribution in [0.5, 0.6) is 5.75 Å². The molecule has 26 heavy (non-hydrogen) atoms. The smallest absolute Gasteiger partial charge is 0.252 e. The maximum atomic E-state index is 12.7.